The summed E-state index contributed by atoms with van der Waals surface area (Å²) in [5.41, 5.74) is 1.04. The molecule has 0 N–H and O–H groups in total. The Kier molecular flexibility index (Phi) is 4.20. The van der Waals surface area contributed by atoms with E-state index in [9.17, 15) is 10.1 Å². The molecule has 0 saturated carbocycles. The Labute approximate surface area is 122 Å². The third-order valence-corrected chi connectivity index (χ3v) is 3.45. The average Bonchev–Trinajstić information content (AvgIpc) is 2.46. The van der Waals surface area contributed by atoms with Crippen molar-refractivity contribution in [1.29, 1.82) is 0 Å². The van der Waals surface area contributed by atoms with Gasteiger partial charge in [0, 0.05) is 18.1 Å². The molecule has 0 spiro atoms. The molecule has 2 aromatic rings. The molecule has 0 aliphatic carbocycles. The first-order valence-corrected chi connectivity index (χ1v) is 6.45. The van der Waals surface area contributed by atoms with E-state index in [2.05, 4.69) is 4.98 Å². The molecule has 0 amide bonds. The molecule has 1 atom stereocenters. The quantitative estimate of drug-likeness (QED) is 0.634. The molecule has 1 aromatic heterocycles. The first-order valence-electron chi connectivity index (χ1n) is 6.08. The molecule has 0 bridgehead atoms. The zero-order chi connectivity index (χ0) is 14.7. The van der Waals surface area contributed by atoms with Crippen LogP contribution in [0.3, 0.4) is 0 Å². The standard InChI is InChI=1S/C14H14ClN3O2/c1-10(11-4-3-5-12(15)8-11)17(2)14-7-6-13(9-16-14)18(19)20/h3-10H,1-2H3. The summed E-state index contributed by atoms with van der Waals surface area (Å²) in [6.07, 6.45) is 1.26. The Morgan fingerprint density at radius 2 is 2.10 bits per heavy atom. The predicted molar refractivity (Wildman–Crippen MR) is 79.2 cm³/mol. The van der Waals surface area contributed by atoms with E-state index in [0.29, 0.717) is 10.8 Å². The minimum absolute atomic E-state index is 0.0161. The smallest absolute Gasteiger partial charge is 0.287 e. The van der Waals surface area contributed by atoms with E-state index in [1.54, 1.807) is 6.07 Å². The number of aromatic nitrogens is 1. The lowest BCUT2D eigenvalue weighted by Gasteiger charge is -2.26. The van der Waals surface area contributed by atoms with Gasteiger partial charge in [-0.2, -0.15) is 0 Å². The van der Waals surface area contributed by atoms with E-state index in [4.69, 9.17) is 11.6 Å². The molecule has 0 saturated heterocycles. The van der Waals surface area contributed by atoms with Gasteiger partial charge in [-0.05, 0) is 30.7 Å². The summed E-state index contributed by atoms with van der Waals surface area (Å²) < 4.78 is 0. The van der Waals surface area contributed by atoms with Crippen molar-refractivity contribution in [2.45, 2.75) is 13.0 Å². The summed E-state index contributed by atoms with van der Waals surface area (Å²) in [7, 11) is 1.89. The van der Waals surface area contributed by atoms with Crippen molar-refractivity contribution in [3.05, 3.63) is 63.3 Å². The van der Waals surface area contributed by atoms with Crippen LogP contribution in [0.5, 0.6) is 0 Å². The van der Waals surface area contributed by atoms with Crippen LogP contribution >= 0.6 is 11.6 Å². The van der Waals surface area contributed by atoms with Crippen LogP contribution in [0.25, 0.3) is 0 Å². The van der Waals surface area contributed by atoms with Gasteiger partial charge in [0.05, 0.1) is 11.0 Å². The summed E-state index contributed by atoms with van der Waals surface area (Å²) in [5.74, 6) is 0.670. The maximum atomic E-state index is 10.6. The molecule has 20 heavy (non-hydrogen) atoms. The van der Waals surface area contributed by atoms with E-state index < -0.39 is 4.92 Å². The van der Waals surface area contributed by atoms with Crippen molar-refractivity contribution < 1.29 is 4.92 Å². The fourth-order valence-corrected chi connectivity index (χ4v) is 2.08. The van der Waals surface area contributed by atoms with Gasteiger partial charge in [0.25, 0.3) is 5.69 Å². The Hall–Kier alpha value is -2.14. The molecule has 1 unspecified atom stereocenters. The van der Waals surface area contributed by atoms with Gasteiger partial charge in [-0.3, -0.25) is 10.1 Å². The van der Waals surface area contributed by atoms with Crippen molar-refractivity contribution in [3.63, 3.8) is 0 Å². The maximum Gasteiger partial charge on any atom is 0.287 e. The molecule has 6 heteroatoms. The number of pyridine rings is 1. The number of benzene rings is 1. The molecule has 1 aromatic carbocycles. The Balaban J connectivity index is 2.22. The van der Waals surface area contributed by atoms with Gasteiger partial charge in [0.1, 0.15) is 12.0 Å². The zero-order valence-corrected chi connectivity index (χ0v) is 11.9. The normalized spacial score (nSPS) is 11.9. The number of anilines is 1. The predicted octanol–water partition coefficient (Wildman–Crippen LogP) is 3.84. The van der Waals surface area contributed by atoms with Gasteiger partial charge >= 0.3 is 0 Å². The second-order valence-corrected chi connectivity index (χ2v) is 4.91. The molecule has 0 aliphatic heterocycles. The Morgan fingerprint density at radius 3 is 2.65 bits per heavy atom. The first-order chi connectivity index (χ1) is 9.49. The zero-order valence-electron chi connectivity index (χ0n) is 11.2. The largest absolute Gasteiger partial charge is 0.353 e. The Morgan fingerprint density at radius 1 is 1.35 bits per heavy atom. The van der Waals surface area contributed by atoms with E-state index in [0.717, 1.165) is 5.56 Å². The molecular formula is C14H14ClN3O2. The van der Waals surface area contributed by atoms with Crippen LogP contribution in [-0.2, 0) is 0 Å². The van der Waals surface area contributed by atoms with Gasteiger partial charge in [0.2, 0.25) is 0 Å². The fraction of sp³-hybridized carbons (Fsp3) is 0.214. The van der Waals surface area contributed by atoms with Crippen LogP contribution in [-0.4, -0.2) is 17.0 Å². The van der Waals surface area contributed by atoms with Gasteiger partial charge < -0.3 is 4.90 Å². The number of hydrogen-bond acceptors (Lipinski definition) is 4. The number of nitro groups is 1. The molecule has 5 nitrogen and oxygen atoms in total. The van der Waals surface area contributed by atoms with E-state index in [1.165, 1.54) is 12.3 Å². The summed E-state index contributed by atoms with van der Waals surface area (Å²) in [6, 6.07) is 10.7. The minimum Gasteiger partial charge on any atom is -0.353 e. The highest BCUT2D eigenvalue weighted by atomic mass is 35.5. The molecule has 104 valence electrons. The van der Waals surface area contributed by atoms with Gasteiger partial charge in [-0.15, -0.1) is 0 Å². The number of hydrogen-bond donors (Lipinski definition) is 0. The lowest BCUT2D eigenvalue weighted by atomic mass is 10.1. The molecule has 2 rings (SSSR count). The minimum atomic E-state index is -0.461. The summed E-state index contributed by atoms with van der Waals surface area (Å²) in [5, 5.41) is 11.3. The van der Waals surface area contributed by atoms with Crippen LogP contribution in [0.15, 0.2) is 42.6 Å². The highest BCUT2D eigenvalue weighted by molar-refractivity contribution is 6.30. The van der Waals surface area contributed by atoms with Crippen LogP contribution in [0.4, 0.5) is 11.5 Å². The van der Waals surface area contributed by atoms with Crippen molar-refractivity contribution >= 4 is 23.1 Å². The lowest BCUT2D eigenvalue weighted by Crippen LogP contribution is -2.22. The second-order valence-electron chi connectivity index (χ2n) is 4.47. The third kappa shape index (κ3) is 3.05. The summed E-state index contributed by atoms with van der Waals surface area (Å²) in [6.45, 7) is 2.02. The second kappa shape index (κ2) is 5.88. The molecule has 0 aliphatic rings. The molecule has 0 radical (unpaired) electrons. The average molecular weight is 292 g/mol. The van der Waals surface area contributed by atoms with Crippen LogP contribution in [0, 0.1) is 10.1 Å². The van der Waals surface area contributed by atoms with Crippen LogP contribution in [0.2, 0.25) is 5.02 Å². The molecule has 1 heterocycles. The Bertz CT molecular complexity index is 616. The van der Waals surface area contributed by atoms with Gasteiger partial charge in [-0.25, -0.2) is 4.98 Å². The number of halogens is 1. The maximum absolute atomic E-state index is 10.6. The van der Waals surface area contributed by atoms with Crippen molar-refractivity contribution in [3.8, 4) is 0 Å². The summed E-state index contributed by atoms with van der Waals surface area (Å²) >= 11 is 5.99. The fourth-order valence-electron chi connectivity index (χ4n) is 1.88. The van der Waals surface area contributed by atoms with Gasteiger partial charge in [0.15, 0.2) is 0 Å². The molecule has 0 fully saturated rings. The monoisotopic (exact) mass is 291 g/mol. The van der Waals surface area contributed by atoms with E-state index in [1.807, 2.05) is 43.1 Å². The highest BCUT2D eigenvalue weighted by Gasteiger charge is 2.15. The number of nitrogens with zero attached hydrogens (tertiary/aromatic N) is 3. The van der Waals surface area contributed by atoms with Crippen molar-refractivity contribution in [2.24, 2.45) is 0 Å². The first kappa shape index (κ1) is 14.3. The summed E-state index contributed by atoms with van der Waals surface area (Å²) in [4.78, 5) is 16.2. The number of rotatable bonds is 4. The topological polar surface area (TPSA) is 59.3 Å². The molecular weight excluding hydrogens is 278 g/mol. The SMILES string of the molecule is CC(c1cccc(Cl)c1)N(C)c1ccc([N+](=O)[O-])cn1. The third-order valence-electron chi connectivity index (χ3n) is 3.22. The highest BCUT2D eigenvalue weighted by Crippen LogP contribution is 2.26. The van der Waals surface area contributed by atoms with E-state index in [-0.39, 0.29) is 11.7 Å². The van der Waals surface area contributed by atoms with Gasteiger partial charge in [-0.1, -0.05) is 23.7 Å². The van der Waals surface area contributed by atoms with E-state index >= 15 is 0 Å². The van der Waals surface area contributed by atoms with Crippen LogP contribution < -0.4 is 4.90 Å². The van der Waals surface area contributed by atoms with Crippen molar-refractivity contribution in [1.82, 2.24) is 4.98 Å². The lowest BCUT2D eigenvalue weighted by molar-refractivity contribution is -0.385. The van der Waals surface area contributed by atoms with Crippen molar-refractivity contribution in [2.75, 3.05) is 11.9 Å². The van der Waals surface area contributed by atoms with Crippen LogP contribution in [0.1, 0.15) is 18.5 Å².